The van der Waals surface area contributed by atoms with Gasteiger partial charge >= 0.3 is 0 Å². The molecule has 4 nitrogen and oxygen atoms in total. The van der Waals surface area contributed by atoms with Gasteiger partial charge in [0, 0.05) is 19.5 Å². The Bertz CT molecular complexity index is 499. The Morgan fingerprint density at radius 1 is 0.920 bits per heavy atom. The van der Waals surface area contributed by atoms with E-state index < -0.39 is 0 Å². The van der Waals surface area contributed by atoms with Crippen LogP contribution in [-0.4, -0.2) is 36.3 Å². The molecule has 4 heteroatoms. The van der Waals surface area contributed by atoms with Crippen LogP contribution in [0.1, 0.15) is 65.2 Å². The lowest BCUT2D eigenvalue weighted by molar-refractivity contribution is -0.137. The van der Waals surface area contributed by atoms with Crippen molar-refractivity contribution in [2.75, 3.05) is 19.6 Å². The Kier molecular flexibility index (Phi) is 4.57. The fraction of sp³-hybridized carbons (Fsp3) is 0.905. The van der Waals surface area contributed by atoms with Crippen LogP contribution in [-0.2, 0) is 9.59 Å². The zero-order valence-corrected chi connectivity index (χ0v) is 15.9. The molecule has 140 valence electrons. The van der Waals surface area contributed by atoms with Crippen molar-refractivity contribution in [3.8, 4) is 0 Å². The van der Waals surface area contributed by atoms with E-state index in [1.807, 2.05) is 4.90 Å². The Balaban J connectivity index is 1.27. The normalized spacial score (nSPS) is 42.5. The van der Waals surface area contributed by atoms with Gasteiger partial charge in [0.1, 0.15) is 0 Å². The molecule has 5 aliphatic rings. The summed E-state index contributed by atoms with van der Waals surface area (Å²) in [6.45, 7) is 6.29. The van der Waals surface area contributed by atoms with E-state index in [0.29, 0.717) is 18.3 Å². The summed E-state index contributed by atoms with van der Waals surface area (Å²) in [5.74, 6) is 3.95. The molecule has 4 aliphatic carbocycles. The van der Waals surface area contributed by atoms with Crippen molar-refractivity contribution >= 4 is 11.8 Å². The molecule has 0 radical (unpaired) electrons. The van der Waals surface area contributed by atoms with E-state index in [2.05, 4.69) is 19.2 Å². The van der Waals surface area contributed by atoms with E-state index in [4.69, 9.17) is 0 Å². The van der Waals surface area contributed by atoms with Crippen LogP contribution in [0.25, 0.3) is 0 Å². The fourth-order valence-corrected chi connectivity index (χ4v) is 7.06. The lowest BCUT2D eigenvalue weighted by Gasteiger charge is -2.56. The quantitative estimate of drug-likeness (QED) is 0.850. The van der Waals surface area contributed by atoms with Gasteiger partial charge in [-0.25, -0.2) is 0 Å². The molecule has 1 heterocycles. The van der Waals surface area contributed by atoms with E-state index >= 15 is 0 Å². The van der Waals surface area contributed by atoms with Gasteiger partial charge in [-0.3, -0.25) is 9.59 Å². The molecule has 1 aliphatic heterocycles. The minimum Gasteiger partial charge on any atom is -0.347 e. The number of hydrogen-bond donors (Lipinski definition) is 1. The summed E-state index contributed by atoms with van der Waals surface area (Å²) in [4.78, 5) is 27.0. The van der Waals surface area contributed by atoms with Gasteiger partial charge in [0.15, 0.2) is 0 Å². The second-order valence-corrected chi connectivity index (χ2v) is 10.1. The molecule has 4 bridgehead atoms. The van der Waals surface area contributed by atoms with E-state index in [-0.39, 0.29) is 23.8 Å². The molecule has 0 spiro atoms. The molecule has 5 fully saturated rings. The number of hydrogen-bond acceptors (Lipinski definition) is 2. The summed E-state index contributed by atoms with van der Waals surface area (Å²) in [6.07, 6.45) is 9.82. The van der Waals surface area contributed by atoms with Crippen LogP contribution < -0.4 is 5.32 Å². The molecule has 2 atom stereocenters. The smallest absolute Gasteiger partial charge is 0.241 e. The standard InChI is InChI=1S/C21H34N2O2/c1-14-3-15(2)13-23(12-14)20(25)11-22-19(24)10-21-7-16-4-17(8-21)6-18(5-16)9-21/h14-18H,3-13H2,1-2H3,(H,22,24). The van der Waals surface area contributed by atoms with Crippen molar-refractivity contribution < 1.29 is 9.59 Å². The third-order valence-electron chi connectivity index (χ3n) is 7.36. The van der Waals surface area contributed by atoms with Gasteiger partial charge in [-0.2, -0.15) is 0 Å². The average molecular weight is 347 g/mol. The monoisotopic (exact) mass is 346 g/mol. The number of nitrogens with zero attached hydrogens (tertiary/aromatic N) is 1. The van der Waals surface area contributed by atoms with Crippen LogP contribution >= 0.6 is 0 Å². The third kappa shape index (κ3) is 3.73. The number of amides is 2. The molecule has 25 heavy (non-hydrogen) atoms. The minimum atomic E-state index is 0.0947. The minimum absolute atomic E-state index is 0.0947. The van der Waals surface area contributed by atoms with Crippen LogP contribution in [0.15, 0.2) is 0 Å². The summed E-state index contributed by atoms with van der Waals surface area (Å²) < 4.78 is 0. The highest BCUT2D eigenvalue weighted by molar-refractivity contribution is 5.85. The lowest BCUT2D eigenvalue weighted by Crippen LogP contribution is -2.49. The summed E-state index contributed by atoms with van der Waals surface area (Å²) >= 11 is 0. The summed E-state index contributed by atoms with van der Waals surface area (Å²) in [5.41, 5.74) is 0.260. The Morgan fingerprint density at radius 3 is 1.96 bits per heavy atom. The molecular formula is C21H34N2O2. The van der Waals surface area contributed by atoms with E-state index in [0.717, 1.165) is 30.8 Å². The maximum atomic E-state index is 12.6. The Hall–Kier alpha value is -1.06. The van der Waals surface area contributed by atoms with Crippen molar-refractivity contribution in [3.63, 3.8) is 0 Å². The number of carbonyl (C=O) groups excluding carboxylic acids is 2. The van der Waals surface area contributed by atoms with Crippen LogP contribution in [0.5, 0.6) is 0 Å². The van der Waals surface area contributed by atoms with Crippen molar-refractivity contribution in [2.24, 2.45) is 35.0 Å². The van der Waals surface area contributed by atoms with Gasteiger partial charge in [-0.15, -0.1) is 0 Å². The van der Waals surface area contributed by atoms with Gasteiger partial charge in [-0.05, 0) is 80.0 Å². The summed E-state index contributed by atoms with van der Waals surface area (Å²) in [6, 6.07) is 0. The van der Waals surface area contributed by atoms with E-state index in [1.54, 1.807) is 0 Å². The maximum absolute atomic E-state index is 12.6. The highest BCUT2D eigenvalue weighted by Gasteiger charge is 2.51. The summed E-state index contributed by atoms with van der Waals surface area (Å²) in [5, 5.41) is 2.95. The summed E-state index contributed by atoms with van der Waals surface area (Å²) in [7, 11) is 0. The number of likely N-dealkylation sites (tertiary alicyclic amines) is 1. The SMILES string of the molecule is CC1CC(C)CN(C(=O)CNC(=O)CC23CC4CC(CC(C4)C2)C3)C1. The first kappa shape index (κ1) is 17.4. The first-order chi connectivity index (χ1) is 11.9. The molecule has 4 saturated carbocycles. The van der Waals surface area contributed by atoms with Crippen LogP contribution in [0.2, 0.25) is 0 Å². The van der Waals surface area contributed by atoms with Crippen LogP contribution in [0.4, 0.5) is 0 Å². The van der Waals surface area contributed by atoms with E-state index in [1.165, 1.54) is 44.9 Å². The van der Waals surface area contributed by atoms with Gasteiger partial charge < -0.3 is 10.2 Å². The van der Waals surface area contributed by atoms with Crippen LogP contribution in [0, 0.1) is 35.0 Å². The number of rotatable bonds is 4. The first-order valence-electron chi connectivity index (χ1n) is 10.5. The van der Waals surface area contributed by atoms with Crippen LogP contribution in [0.3, 0.4) is 0 Å². The molecule has 1 saturated heterocycles. The molecule has 5 rings (SSSR count). The Labute approximate surface area is 152 Å². The topological polar surface area (TPSA) is 49.4 Å². The molecule has 2 unspecified atom stereocenters. The highest BCUT2D eigenvalue weighted by Crippen LogP contribution is 2.61. The van der Waals surface area contributed by atoms with E-state index in [9.17, 15) is 9.59 Å². The molecule has 0 aromatic heterocycles. The van der Waals surface area contributed by atoms with Gasteiger partial charge in [0.25, 0.3) is 0 Å². The van der Waals surface area contributed by atoms with Crippen molar-refractivity contribution in [2.45, 2.75) is 65.2 Å². The molecular weight excluding hydrogens is 312 g/mol. The lowest BCUT2D eigenvalue weighted by atomic mass is 9.49. The van der Waals surface area contributed by atoms with Gasteiger partial charge in [-0.1, -0.05) is 13.8 Å². The van der Waals surface area contributed by atoms with Gasteiger partial charge in [0.05, 0.1) is 6.54 Å². The second-order valence-electron chi connectivity index (χ2n) is 10.1. The number of piperidine rings is 1. The fourth-order valence-electron chi connectivity index (χ4n) is 7.06. The predicted octanol–water partition coefficient (Wildman–Crippen LogP) is 3.21. The van der Waals surface area contributed by atoms with Crippen molar-refractivity contribution in [3.05, 3.63) is 0 Å². The Morgan fingerprint density at radius 2 is 1.44 bits per heavy atom. The number of carbonyl (C=O) groups is 2. The van der Waals surface area contributed by atoms with Crippen molar-refractivity contribution in [1.29, 1.82) is 0 Å². The molecule has 1 N–H and O–H groups in total. The predicted molar refractivity (Wildman–Crippen MR) is 97.8 cm³/mol. The number of nitrogens with one attached hydrogen (secondary N) is 1. The molecule has 0 aromatic rings. The molecule has 2 amide bonds. The second kappa shape index (κ2) is 6.59. The first-order valence-corrected chi connectivity index (χ1v) is 10.5. The van der Waals surface area contributed by atoms with Gasteiger partial charge in [0.2, 0.25) is 11.8 Å². The average Bonchev–Trinajstić information content (AvgIpc) is 2.49. The largest absolute Gasteiger partial charge is 0.347 e. The maximum Gasteiger partial charge on any atom is 0.241 e. The third-order valence-corrected chi connectivity index (χ3v) is 7.36. The van der Waals surface area contributed by atoms with Crippen molar-refractivity contribution in [1.82, 2.24) is 10.2 Å². The molecule has 0 aromatic carbocycles. The zero-order chi connectivity index (χ0) is 17.6. The highest BCUT2D eigenvalue weighted by atomic mass is 16.2. The zero-order valence-electron chi connectivity index (χ0n) is 15.9.